The Bertz CT molecular complexity index is 2460. The molecular weight excluding hydrogens is 773 g/mol. The lowest BCUT2D eigenvalue weighted by molar-refractivity contribution is -0.143. The van der Waals surface area contributed by atoms with Gasteiger partial charge in [-0.15, -0.1) is 5.10 Å². The van der Waals surface area contributed by atoms with Gasteiger partial charge in [0.15, 0.2) is 0 Å². The van der Waals surface area contributed by atoms with Gasteiger partial charge < -0.3 is 27.9 Å². The topological polar surface area (TPSA) is 141 Å². The Hall–Kier alpha value is -5.80. The van der Waals surface area contributed by atoms with E-state index in [1.54, 1.807) is 35.9 Å². The van der Waals surface area contributed by atoms with Crippen molar-refractivity contribution in [2.24, 2.45) is 0 Å². The summed E-state index contributed by atoms with van der Waals surface area (Å²) in [5, 5.41) is 8.94. The van der Waals surface area contributed by atoms with Gasteiger partial charge in [-0.2, -0.15) is 12.7 Å². The van der Waals surface area contributed by atoms with E-state index in [2.05, 4.69) is 10.3 Å². The fourth-order valence-electron chi connectivity index (χ4n) is 7.15. The monoisotopic (exact) mass is 820 g/mol. The predicted octanol–water partition coefficient (Wildman–Crippen LogP) is 7.29. The second-order valence-corrected chi connectivity index (χ2v) is 15.6. The van der Waals surface area contributed by atoms with Crippen LogP contribution < -0.4 is 13.7 Å². The molecule has 0 aliphatic carbocycles. The van der Waals surface area contributed by atoms with E-state index < -0.39 is 16.2 Å². The van der Waals surface area contributed by atoms with Gasteiger partial charge in [-0.25, -0.2) is 4.68 Å². The Morgan fingerprint density at radius 2 is 1.61 bits per heavy atom. The number of fused-ring (bicyclic) bond motifs is 2. The molecule has 0 radical (unpaired) electrons. The summed E-state index contributed by atoms with van der Waals surface area (Å²) in [6, 6.07) is 34.4. The van der Waals surface area contributed by atoms with Gasteiger partial charge in [0, 0.05) is 30.1 Å². The van der Waals surface area contributed by atoms with E-state index in [9.17, 15) is 13.2 Å². The van der Waals surface area contributed by atoms with E-state index in [1.165, 1.54) is 11.4 Å². The van der Waals surface area contributed by atoms with Crippen molar-refractivity contribution in [3.63, 3.8) is 0 Å². The van der Waals surface area contributed by atoms with Crippen LogP contribution in [0.2, 0.25) is 0 Å². The molecule has 0 amide bonds. The van der Waals surface area contributed by atoms with Crippen molar-refractivity contribution in [1.29, 1.82) is 0 Å². The summed E-state index contributed by atoms with van der Waals surface area (Å²) in [6.45, 7) is 6.74. The number of aromatic nitrogens is 3. The third kappa shape index (κ3) is 10.3. The largest absolute Gasteiger partial charge is 0.496 e. The highest BCUT2D eigenvalue weighted by Crippen LogP contribution is 2.38. The van der Waals surface area contributed by atoms with E-state index >= 15 is 0 Å². The molecule has 1 atom stereocenters. The van der Waals surface area contributed by atoms with Crippen molar-refractivity contribution in [2.75, 3.05) is 33.5 Å². The number of hydrogen-bond acceptors (Lipinski definition) is 11. The highest BCUT2D eigenvalue weighted by molar-refractivity contribution is 7.84. The molecule has 1 aromatic heterocycles. The highest BCUT2D eigenvalue weighted by atomic mass is 32.2. The van der Waals surface area contributed by atoms with Crippen molar-refractivity contribution in [1.82, 2.24) is 19.3 Å². The average molecular weight is 821 g/mol. The van der Waals surface area contributed by atoms with Crippen LogP contribution in [0.25, 0.3) is 11.0 Å². The van der Waals surface area contributed by atoms with Crippen LogP contribution >= 0.6 is 0 Å². The van der Waals surface area contributed by atoms with Gasteiger partial charge in [0.05, 0.1) is 58.6 Å². The van der Waals surface area contributed by atoms with Crippen LogP contribution in [0.4, 0.5) is 0 Å². The minimum Gasteiger partial charge on any atom is -0.496 e. The predicted molar refractivity (Wildman–Crippen MR) is 221 cm³/mol. The molecule has 2 heterocycles. The number of esters is 1. The Kier molecular flexibility index (Phi) is 13.5. The van der Waals surface area contributed by atoms with Crippen LogP contribution in [0, 0.1) is 6.92 Å². The zero-order valence-electron chi connectivity index (χ0n) is 33.4. The first-order chi connectivity index (χ1) is 28.7. The molecule has 0 fully saturated rings. The molecule has 0 bridgehead atoms. The molecule has 0 N–H and O–H groups in total. The van der Waals surface area contributed by atoms with Gasteiger partial charge in [-0.05, 0) is 72.0 Å². The first-order valence-corrected chi connectivity index (χ1v) is 20.9. The van der Waals surface area contributed by atoms with Gasteiger partial charge >= 0.3 is 16.3 Å². The summed E-state index contributed by atoms with van der Waals surface area (Å²) in [5.74, 6) is 0.522. The zero-order valence-corrected chi connectivity index (χ0v) is 34.2. The van der Waals surface area contributed by atoms with Gasteiger partial charge in [0.25, 0.3) is 0 Å². The molecule has 1 unspecified atom stereocenters. The smallest absolute Gasteiger partial charge is 0.385 e. The zero-order chi connectivity index (χ0) is 41.2. The Morgan fingerprint density at radius 1 is 0.864 bits per heavy atom. The first-order valence-electron chi connectivity index (χ1n) is 19.6. The maximum absolute atomic E-state index is 13.5. The number of rotatable bonds is 19. The summed E-state index contributed by atoms with van der Waals surface area (Å²) in [6.07, 6.45) is 0.0462. The van der Waals surface area contributed by atoms with E-state index in [-0.39, 0.29) is 37.8 Å². The molecule has 0 saturated heterocycles. The molecule has 1 aliphatic heterocycles. The third-order valence-corrected chi connectivity index (χ3v) is 11.4. The molecule has 5 aromatic carbocycles. The van der Waals surface area contributed by atoms with Crippen LogP contribution in [0.5, 0.6) is 17.2 Å². The molecule has 0 saturated carbocycles. The van der Waals surface area contributed by atoms with E-state index in [1.807, 2.05) is 91.9 Å². The molecule has 1 aliphatic rings. The lowest BCUT2D eigenvalue weighted by atomic mass is 9.84. The lowest BCUT2D eigenvalue weighted by Crippen LogP contribution is -2.37. The van der Waals surface area contributed by atoms with Gasteiger partial charge in [-0.1, -0.05) is 84.1 Å². The first kappa shape index (κ1) is 41.4. The standard InChI is InChI=1S/C45H48N4O9S/c1-4-56-44(50)27-40(39-17-18-41-45(32(39)2)46-47-49(41)21-22-54-23-24-55-30-33-11-7-5-8-12-33)35-15-19-42(53-3)36(25-35)28-48-29-37-26-38(16-20-43(37)58-59(48,51)52)57-31-34-13-9-6-10-14-34/h5-20,25-26,40H,4,21-24,27-31H2,1-3H3. The number of carbonyl (C=O) groups excluding carboxylic acids is 1. The van der Waals surface area contributed by atoms with E-state index in [0.29, 0.717) is 67.7 Å². The van der Waals surface area contributed by atoms with Crippen molar-refractivity contribution in [2.45, 2.75) is 59.0 Å². The number of benzene rings is 5. The molecular formula is C45H48N4O9S. The molecule has 7 rings (SSSR count). The summed E-state index contributed by atoms with van der Waals surface area (Å²) in [7, 11) is -2.63. The van der Waals surface area contributed by atoms with Crippen molar-refractivity contribution < 1.29 is 41.1 Å². The van der Waals surface area contributed by atoms with Crippen LogP contribution in [0.15, 0.2) is 109 Å². The molecule has 308 valence electrons. The highest BCUT2D eigenvalue weighted by Gasteiger charge is 2.33. The van der Waals surface area contributed by atoms with Gasteiger partial charge in [0.2, 0.25) is 0 Å². The maximum Gasteiger partial charge on any atom is 0.385 e. The summed E-state index contributed by atoms with van der Waals surface area (Å²) in [5.41, 5.74) is 7.44. The Labute approximate surface area is 344 Å². The molecule has 6 aromatic rings. The number of aryl methyl sites for hydroxylation is 1. The van der Waals surface area contributed by atoms with Crippen molar-refractivity contribution in [3.8, 4) is 17.2 Å². The van der Waals surface area contributed by atoms with Crippen LogP contribution in [-0.2, 0) is 62.2 Å². The van der Waals surface area contributed by atoms with Crippen LogP contribution in [0.1, 0.15) is 58.2 Å². The van der Waals surface area contributed by atoms with Crippen LogP contribution in [0.3, 0.4) is 0 Å². The SMILES string of the molecule is CCOC(=O)CC(c1ccc(OC)c(CN2Cc3cc(OCc4ccccc4)ccc3OS2(=O)=O)c1)c1ccc2c(nnn2CCOCCOCc2ccccc2)c1C. The fraction of sp³-hybridized carbons (Fsp3) is 0.311. The van der Waals surface area contributed by atoms with Crippen molar-refractivity contribution >= 4 is 27.3 Å². The third-order valence-electron chi connectivity index (χ3n) is 10.2. The van der Waals surface area contributed by atoms with Crippen LogP contribution in [-0.4, -0.2) is 67.2 Å². The molecule has 59 heavy (non-hydrogen) atoms. The fourth-order valence-corrected chi connectivity index (χ4v) is 8.23. The minimum atomic E-state index is -4.16. The number of ether oxygens (including phenoxy) is 5. The Morgan fingerprint density at radius 3 is 2.36 bits per heavy atom. The molecule has 13 nitrogen and oxygen atoms in total. The van der Waals surface area contributed by atoms with Gasteiger partial charge in [0.1, 0.15) is 29.4 Å². The normalized spacial score (nSPS) is 14.0. The maximum atomic E-state index is 13.5. The lowest BCUT2D eigenvalue weighted by Gasteiger charge is -2.29. The quantitative estimate of drug-likeness (QED) is 0.0601. The molecule has 14 heteroatoms. The summed E-state index contributed by atoms with van der Waals surface area (Å²) in [4.78, 5) is 13.1. The number of methoxy groups -OCH3 is 1. The second-order valence-electron chi connectivity index (χ2n) is 14.1. The average Bonchev–Trinajstić information content (AvgIpc) is 3.66. The summed E-state index contributed by atoms with van der Waals surface area (Å²) >= 11 is 0. The minimum absolute atomic E-state index is 0.0462. The molecule has 0 spiro atoms. The summed E-state index contributed by atoms with van der Waals surface area (Å²) < 4.78 is 64.3. The number of hydrogen-bond donors (Lipinski definition) is 0. The number of nitrogens with zero attached hydrogens (tertiary/aromatic N) is 4. The van der Waals surface area contributed by atoms with E-state index in [0.717, 1.165) is 33.3 Å². The van der Waals surface area contributed by atoms with Crippen molar-refractivity contribution in [3.05, 3.63) is 148 Å². The van der Waals surface area contributed by atoms with E-state index in [4.69, 9.17) is 27.9 Å². The van der Waals surface area contributed by atoms with Gasteiger partial charge in [-0.3, -0.25) is 4.79 Å². The number of carbonyl (C=O) groups is 1. The Balaban J connectivity index is 1.08. The second kappa shape index (κ2) is 19.3.